The second kappa shape index (κ2) is 15.1. The highest BCUT2D eigenvalue weighted by atomic mass is 35.5. The number of piperazine rings is 1. The number of amides is 1. The molecule has 0 saturated carbocycles. The number of pyridine rings is 2. The smallest absolute Gasteiger partial charge is 0.220 e. The third-order valence-corrected chi connectivity index (χ3v) is 9.55. The number of carbonyl (C=O) groups excluding carboxylic acids is 1. The molecule has 0 unspecified atom stereocenters. The molecule has 1 amide bonds. The Morgan fingerprint density at radius 1 is 0.978 bits per heavy atom. The zero-order valence-electron chi connectivity index (χ0n) is 25.7. The fraction of sp³-hybridized carbons (Fsp3) is 0.469. The molecule has 10 nitrogen and oxygen atoms in total. The van der Waals surface area contributed by atoms with Crippen LogP contribution < -0.4 is 15.0 Å². The largest absolute Gasteiger partial charge is 0.437 e. The number of halogens is 2. The Bertz CT molecular complexity index is 1550. The van der Waals surface area contributed by atoms with E-state index in [-0.39, 0.29) is 11.7 Å². The van der Waals surface area contributed by atoms with Gasteiger partial charge in [-0.25, -0.2) is 18.4 Å². The van der Waals surface area contributed by atoms with Crippen LogP contribution in [0, 0.1) is 5.92 Å². The summed E-state index contributed by atoms with van der Waals surface area (Å²) in [5.74, 6) is 2.56. The molecule has 3 aromatic rings. The molecule has 1 N–H and O–H groups in total. The highest BCUT2D eigenvalue weighted by Gasteiger charge is 2.21. The van der Waals surface area contributed by atoms with Crippen LogP contribution >= 0.6 is 23.2 Å². The molecule has 2 fully saturated rings. The van der Waals surface area contributed by atoms with Crippen molar-refractivity contribution in [3.63, 3.8) is 0 Å². The maximum Gasteiger partial charge on any atom is 0.220 e. The summed E-state index contributed by atoms with van der Waals surface area (Å²) in [5.41, 5.74) is 2.58. The van der Waals surface area contributed by atoms with E-state index in [1.807, 2.05) is 30.3 Å². The van der Waals surface area contributed by atoms with Gasteiger partial charge >= 0.3 is 0 Å². The second-order valence-corrected chi connectivity index (χ2v) is 15.1. The van der Waals surface area contributed by atoms with E-state index < -0.39 is 9.84 Å². The maximum absolute atomic E-state index is 11.5. The minimum atomic E-state index is -2.97. The number of ether oxygens (including phenoxy) is 1. The number of benzene rings is 1. The van der Waals surface area contributed by atoms with Crippen molar-refractivity contribution in [3.8, 4) is 22.9 Å². The van der Waals surface area contributed by atoms with E-state index in [4.69, 9.17) is 32.9 Å². The van der Waals surface area contributed by atoms with E-state index in [2.05, 4.69) is 31.1 Å². The van der Waals surface area contributed by atoms with Gasteiger partial charge in [0.15, 0.2) is 0 Å². The van der Waals surface area contributed by atoms with Crippen molar-refractivity contribution in [3.05, 3.63) is 64.3 Å². The van der Waals surface area contributed by atoms with Crippen LogP contribution in [0.2, 0.25) is 10.0 Å². The average molecular weight is 676 g/mol. The van der Waals surface area contributed by atoms with Gasteiger partial charge in [-0.1, -0.05) is 23.2 Å². The summed E-state index contributed by atoms with van der Waals surface area (Å²) in [4.78, 5) is 27.5. The fourth-order valence-corrected chi connectivity index (χ4v) is 6.80. The van der Waals surface area contributed by atoms with Gasteiger partial charge in [0.1, 0.15) is 21.4 Å². The van der Waals surface area contributed by atoms with Crippen molar-refractivity contribution in [2.24, 2.45) is 5.92 Å². The minimum absolute atomic E-state index is 0.0158. The van der Waals surface area contributed by atoms with Crippen LogP contribution in [-0.2, 0) is 21.2 Å². The van der Waals surface area contributed by atoms with Crippen LogP contribution in [0.4, 0.5) is 5.82 Å². The second-order valence-electron chi connectivity index (χ2n) is 11.9. The molecule has 0 bridgehead atoms. The van der Waals surface area contributed by atoms with Crippen molar-refractivity contribution < 1.29 is 17.9 Å². The Balaban J connectivity index is 1.26. The fourth-order valence-electron chi connectivity index (χ4n) is 5.68. The number of hydrogen-bond donors (Lipinski definition) is 1. The standard InChI is InChI=1S/C32H40Cl2N6O4S/c1-23(41)35-20-24-5-7-39(8-6-24)22-25-15-30(26-17-27(33)19-28(34)18-26)37-32(16-25)44-29-3-4-31(36-21-29)40-11-9-38(10-12-40)13-14-45(2,42)43/h3-4,15-19,21,24H,5-14,20,22H2,1-2H3,(H,35,41). The van der Waals surface area contributed by atoms with Crippen molar-refractivity contribution in [2.75, 3.05) is 69.3 Å². The Labute approximate surface area is 275 Å². The summed E-state index contributed by atoms with van der Waals surface area (Å²) < 4.78 is 29.3. The van der Waals surface area contributed by atoms with Gasteiger partial charge in [-0.3, -0.25) is 14.6 Å². The summed E-state index contributed by atoms with van der Waals surface area (Å²) in [6, 6.07) is 13.2. The zero-order chi connectivity index (χ0) is 32.0. The van der Waals surface area contributed by atoms with Gasteiger partial charge in [-0.2, -0.15) is 0 Å². The lowest BCUT2D eigenvalue weighted by Crippen LogP contribution is -2.47. The summed E-state index contributed by atoms with van der Waals surface area (Å²) in [6.45, 7) is 8.59. The van der Waals surface area contributed by atoms with Crippen LogP contribution in [0.15, 0.2) is 48.7 Å². The van der Waals surface area contributed by atoms with Crippen LogP contribution in [-0.4, -0.2) is 98.5 Å². The number of sulfone groups is 1. The number of anilines is 1. The number of likely N-dealkylation sites (tertiary alicyclic amines) is 1. The molecule has 2 aliphatic heterocycles. The lowest BCUT2D eigenvalue weighted by Gasteiger charge is -2.35. The first-order valence-electron chi connectivity index (χ1n) is 15.2. The molecule has 5 rings (SSSR count). The number of rotatable bonds is 11. The number of nitrogens with zero attached hydrogens (tertiary/aromatic N) is 5. The first kappa shape index (κ1) is 33.4. The van der Waals surface area contributed by atoms with Crippen LogP contribution in [0.3, 0.4) is 0 Å². The van der Waals surface area contributed by atoms with E-state index in [0.717, 1.165) is 82.1 Å². The molecule has 4 heterocycles. The molecule has 242 valence electrons. The summed E-state index contributed by atoms with van der Waals surface area (Å²) in [5, 5.41) is 4.01. The lowest BCUT2D eigenvalue weighted by atomic mass is 9.96. The molecule has 0 atom stereocenters. The first-order chi connectivity index (χ1) is 21.5. The molecule has 0 spiro atoms. The third-order valence-electron chi connectivity index (χ3n) is 8.19. The predicted octanol–water partition coefficient (Wildman–Crippen LogP) is 4.76. The number of carbonyl (C=O) groups is 1. The van der Waals surface area contributed by atoms with Crippen LogP contribution in [0.5, 0.6) is 11.6 Å². The van der Waals surface area contributed by atoms with Crippen LogP contribution in [0.25, 0.3) is 11.3 Å². The van der Waals surface area contributed by atoms with Crippen molar-refractivity contribution in [1.82, 2.24) is 25.1 Å². The lowest BCUT2D eigenvalue weighted by molar-refractivity contribution is -0.119. The van der Waals surface area contributed by atoms with Crippen molar-refractivity contribution >= 4 is 44.8 Å². The van der Waals surface area contributed by atoms with Gasteiger partial charge in [0.25, 0.3) is 0 Å². The summed E-state index contributed by atoms with van der Waals surface area (Å²) >= 11 is 12.7. The van der Waals surface area contributed by atoms with E-state index >= 15 is 0 Å². The molecular weight excluding hydrogens is 635 g/mol. The van der Waals surface area contributed by atoms with Crippen molar-refractivity contribution in [2.45, 2.75) is 26.3 Å². The Morgan fingerprint density at radius 3 is 2.31 bits per heavy atom. The van der Waals surface area contributed by atoms with E-state index in [0.29, 0.717) is 39.8 Å². The number of aromatic nitrogens is 2. The quantitative estimate of drug-likeness (QED) is 0.308. The molecule has 2 aliphatic rings. The number of nitrogens with one attached hydrogen (secondary N) is 1. The predicted molar refractivity (Wildman–Crippen MR) is 179 cm³/mol. The van der Waals surface area contributed by atoms with Crippen molar-refractivity contribution in [1.29, 1.82) is 0 Å². The minimum Gasteiger partial charge on any atom is -0.437 e. The van der Waals surface area contributed by atoms with E-state index in [1.54, 1.807) is 19.2 Å². The van der Waals surface area contributed by atoms with E-state index in [9.17, 15) is 13.2 Å². The number of hydrogen-bond acceptors (Lipinski definition) is 9. The van der Waals surface area contributed by atoms with E-state index in [1.165, 1.54) is 6.26 Å². The monoisotopic (exact) mass is 674 g/mol. The molecule has 0 radical (unpaired) electrons. The summed E-state index contributed by atoms with van der Waals surface area (Å²) in [7, 11) is -2.97. The summed E-state index contributed by atoms with van der Waals surface area (Å²) in [6.07, 6.45) is 5.03. The SMILES string of the molecule is CC(=O)NCC1CCN(Cc2cc(Oc3ccc(N4CCN(CCS(C)(=O)=O)CC4)nc3)nc(-c3cc(Cl)cc(Cl)c3)c2)CC1. The van der Waals surface area contributed by atoms with Gasteiger partial charge in [0, 0.05) is 80.7 Å². The Kier molecular flexibility index (Phi) is 11.2. The highest BCUT2D eigenvalue weighted by molar-refractivity contribution is 7.90. The van der Waals surface area contributed by atoms with Gasteiger partial charge in [0.2, 0.25) is 11.8 Å². The maximum atomic E-state index is 11.5. The molecule has 13 heteroatoms. The zero-order valence-corrected chi connectivity index (χ0v) is 28.0. The Morgan fingerprint density at radius 2 is 1.69 bits per heavy atom. The topological polar surface area (TPSA) is 108 Å². The molecule has 2 aromatic heterocycles. The molecular formula is C32H40Cl2N6O4S. The Hall–Kier alpha value is -2.96. The molecule has 0 aliphatic carbocycles. The first-order valence-corrected chi connectivity index (χ1v) is 18.0. The molecule has 1 aromatic carbocycles. The van der Waals surface area contributed by atoms with Gasteiger partial charge in [0.05, 0.1) is 17.6 Å². The van der Waals surface area contributed by atoms with Gasteiger partial charge in [-0.15, -0.1) is 0 Å². The average Bonchev–Trinajstić information content (AvgIpc) is 2.99. The van der Waals surface area contributed by atoms with Gasteiger partial charge in [-0.05, 0) is 73.8 Å². The van der Waals surface area contributed by atoms with Crippen LogP contribution in [0.1, 0.15) is 25.3 Å². The third kappa shape index (κ3) is 10.3. The molecule has 45 heavy (non-hydrogen) atoms. The highest BCUT2D eigenvalue weighted by Crippen LogP contribution is 2.31. The normalized spacial score (nSPS) is 16.9. The number of piperidine rings is 1. The molecule has 2 saturated heterocycles. The van der Waals surface area contributed by atoms with Gasteiger partial charge < -0.3 is 15.0 Å².